The van der Waals surface area contributed by atoms with Gasteiger partial charge in [0.2, 0.25) is 0 Å². The van der Waals surface area contributed by atoms with Crippen LogP contribution in [-0.2, 0) is 0 Å². The van der Waals surface area contributed by atoms with Crippen molar-refractivity contribution in [2.45, 2.75) is 19.3 Å². The van der Waals surface area contributed by atoms with E-state index >= 15 is 0 Å². The maximum absolute atomic E-state index is 12.4. The van der Waals surface area contributed by atoms with E-state index in [1.54, 1.807) is 24.3 Å². The smallest absolute Gasteiger partial charge is 0.325 e. The summed E-state index contributed by atoms with van der Waals surface area (Å²) in [6.45, 7) is 1.61. The summed E-state index contributed by atoms with van der Waals surface area (Å²) in [5.41, 5.74) is 0.667. The van der Waals surface area contributed by atoms with E-state index in [1.165, 1.54) is 12.6 Å². The average molecular weight is 299 g/mol. The number of H-pyrrole nitrogens is 2. The maximum Gasteiger partial charge on any atom is 0.325 e. The van der Waals surface area contributed by atoms with Crippen molar-refractivity contribution >= 4 is 5.91 Å². The predicted molar refractivity (Wildman–Crippen MR) is 82.9 cm³/mol. The van der Waals surface area contributed by atoms with E-state index < -0.39 is 11.2 Å². The highest BCUT2D eigenvalue weighted by Gasteiger charge is 2.18. The molecule has 3 rings (SSSR count). The molecule has 2 N–H and O–H groups in total. The van der Waals surface area contributed by atoms with Crippen molar-refractivity contribution in [3.8, 4) is 11.1 Å². The molecule has 2 aromatic rings. The highest BCUT2D eigenvalue weighted by molar-refractivity contribution is 5.94. The molecule has 1 aliphatic rings. The van der Waals surface area contributed by atoms with Crippen LogP contribution in [0.3, 0.4) is 0 Å². The number of benzene rings is 1. The Bertz CT molecular complexity index is 783. The van der Waals surface area contributed by atoms with Gasteiger partial charge >= 0.3 is 5.69 Å². The zero-order chi connectivity index (χ0) is 15.5. The molecule has 0 spiro atoms. The van der Waals surface area contributed by atoms with E-state index in [1.807, 2.05) is 4.90 Å². The molecule has 1 aromatic heterocycles. The van der Waals surface area contributed by atoms with Gasteiger partial charge in [0.1, 0.15) is 0 Å². The number of rotatable bonds is 2. The summed E-state index contributed by atoms with van der Waals surface area (Å²) >= 11 is 0. The summed E-state index contributed by atoms with van der Waals surface area (Å²) in [6.07, 6.45) is 4.66. The van der Waals surface area contributed by atoms with Gasteiger partial charge < -0.3 is 9.88 Å². The molecule has 2 heterocycles. The fraction of sp³-hybridized carbons (Fsp3) is 0.312. The molecular weight excluding hydrogens is 282 g/mol. The Kier molecular flexibility index (Phi) is 3.91. The molecule has 1 fully saturated rings. The highest BCUT2D eigenvalue weighted by atomic mass is 16.2. The van der Waals surface area contributed by atoms with Crippen LogP contribution in [0.25, 0.3) is 11.1 Å². The molecule has 114 valence electrons. The van der Waals surface area contributed by atoms with Crippen LogP contribution in [0, 0.1) is 0 Å². The number of carbonyl (C=O) groups is 1. The van der Waals surface area contributed by atoms with Gasteiger partial charge in [0.25, 0.3) is 11.5 Å². The average Bonchev–Trinajstić information content (AvgIpc) is 2.55. The topological polar surface area (TPSA) is 86.0 Å². The third-order valence-corrected chi connectivity index (χ3v) is 3.91. The molecule has 0 atom stereocenters. The first-order valence-electron chi connectivity index (χ1n) is 7.37. The van der Waals surface area contributed by atoms with Gasteiger partial charge in [-0.15, -0.1) is 0 Å². The second-order valence-corrected chi connectivity index (χ2v) is 5.42. The first kappa shape index (κ1) is 14.3. The lowest BCUT2D eigenvalue weighted by Gasteiger charge is -2.26. The maximum atomic E-state index is 12.4. The number of amides is 1. The standard InChI is InChI=1S/C16H17N3O3/c20-14-13(10-17-16(22)18-14)11-4-6-12(7-5-11)15(21)19-8-2-1-3-9-19/h4-7,10H,1-3,8-9H2,(H2,17,18,20,22). The summed E-state index contributed by atoms with van der Waals surface area (Å²) < 4.78 is 0. The van der Waals surface area contributed by atoms with E-state index in [0.29, 0.717) is 16.7 Å². The Balaban J connectivity index is 1.84. The van der Waals surface area contributed by atoms with Gasteiger partial charge in [0, 0.05) is 24.8 Å². The Labute approximate surface area is 126 Å². The summed E-state index contributed by atoms with van der Waals surface area (Å²) in [4.78, 5) is 41.6. The van der Waals surface area contributed by atoms with Crippen molar-refractivity contribution in [1.82, 2.24) is 14.9 Å². The van der Waals surface area contributed by atoms with Crippen molar-refractivity contribution in [3.63, 3.8) is 0 Å². The lowest BCUT2D eigenvalue weighted by molar-refractivity contribution is 0.0724. The van der Waals surface area contributed by atoms with E-state index in [4.69, 9.17) is 0 Å². The van der Waals surface area contributed by atoms with Crippen LogP contribution in [0.1, 0.15) is 29.6 Å². The summed E-state index contributed by atoms with van der Waals surface area (Å²) in [6, 6.07) is 6.88. The van der Waals surface area contributed by atoms with Crippen LogP contribution in [0.2, 0.25) is 0 Å². The lowest BCUT2D eigenvalue weighted by atomic mass is 10.0. The Morgan fingerprint density at radius 3 is 2.32 bits per heavy atom. The Hall–Kier alpha value is -2.63. The van der Waals surface area contributed by atoms with Crippen molar-refractivity contribution in [1.29, 1.82) is 0 Å². The normalized spacial score (nSPS) is 14.8. The summed E-state index contributed by atoms with van der Waals surface area (Å²) in [7, 11) is 0. The Morgan fingerprint density at radius 1 is 1.00 bits per heavy atom. The van der Waals surface area contributed by atoms with Gasteiger partial charge in [-0.25, -0.2) is 4.79 Å². The van der Waals surface area contributed by atoms with Crippen molar-refractivity contribution in [3.05, 3.63) is 56.9 Å². The number of hydrogen-bond donors (Lipinski definition) is 2. The van der Waals surface area contributed by atoms with Gasteiger partial charge in [-0.1, -0.05) is 12.1 Å². The third-order valence-electron chi connectivity index (χ3n) is 3.91. The first-order valence-corrected chi connectivity index (χ1v) is 7.37. The molecule has 22 heavy (non-hydrogen) atoms. The Morgan fingerprint density at radius 2 is 1.68 bits per heavy atom. The van der Waals surface area contributed by atoms with Crippen LogP contribution in [-0.4, -0.2) is 33.9 Å². The molecule has 1 saturated heterocycles. The first-order chi connectivity index (χ1) is 10.6. The monoisotopic (exact) mass is 299 g/mol. The molecule has 6 heteroatoms. The number of aromatic amines is 2. The van der Waals surface area contributed by atoms with E-state index in [9.17, 15) is 14.4 Å². The predicted octanol–water partition coefficient (Wildman–Crippen LogP) is 1.36. The quantitative estimate of drug-likeness (QED) is 0.878. The van der Waals surface area contributed by atoms with Crippen LogP contribution >= 0.6 is 0 Å². The molecule has 0 aliphatic carbocycles. The van der Waals surface area contributed by atoms with Crippen LogP contribution in [0.5, 0.6) is 0 Å². The van der Waals surface area contributed by atoms with Gasteiger partial charge in [0.15, 0.2) is 0 Å². The van der Waals surface area contributed by atoms with Crippen LogP contribution in [0.15, 0.2) is 40.1 Å². The number of aromatic nitrogens is 2. The molecule has 0 saturated carbocycles. The summed E-state index contributed by atoms with van der Waals surface area (Å²) in [5.74, 6) is 0.0293. The van der Waals surface area contributed by atoms with Gasteiger partial charge in [-0.2, -0.15) is 0 Å². The van der Waals surface area contributed by atoms with Crippen molar-refractivity contribution < 1.29 is 4.79 Å². The van der Waals surface area contributed by atoms with Crippen LogP contribution in [0.4, 0.5) is 0 Å². The van der Waals surface area contributed by atoms with Crippen molar-refractivity contribution in [2.75, 3.05) is 13.1 Å². The number of nitrogens with one attached hydrogen (secondary N) is 2. The molecule has 1 aliphatic heterocycles. The number of piperidine rings is 1. The molecule has 1 amide bonds. The number of nitrogens with zero attached hydrogens (tertiary/aromatic N) is 1. The summed E-state index contributed by atoms with van der Waals surface area (Å²) in [5, 5.41) is 0. The zero-order valence-electron chi connectivity index (χ0n) is 12.1. The van der Waals surface area contributed by atoms with Crippen molar-refractivity contribution in [2.24, 2.45) is 0 Å². The van der Waals surface area contributed by atoms with Crippen LogP contribution < -0.4 is 11.2 Å². The fourth-order valence-corrected chi connectivity index (χ4v) is 2.70. The van der Waals surface area contributed by atoms with E-state index in [2.05, 4.69) is 9.97 Å². The molecule has 0 radical (unpaired) electrons. The minimum atomic E-state index is -0.536. The molecule has 6 nitrogen and oxygen atoms in total. The van der Waals surface area contributed by atoms with E-state index in [0.717, 1.165) is 25.9 Å². The molecule has 0 unspecified atom stereocenters. The molecular formula is C16H17N3O3. The number of likely N-dealkylation sites (tertiary alicyclic amines) is 1. The van der Waals surface area contributed by atoms with E-state index in [-0.39, 0.29) is 5.91 Å². The number of carbonyl (C=O) groups excluding carboxylic acids is 1. The second-order valence-electron chi connectivity index (χ2n) is 5.42. The highest BCUT2D eigenvalue weighted by Crippen LogP contribution is 2.17. The molecule has 1 aromatic carbocycles. The zero-order valence-corrected chi connectivity index (χ0v) is 12.1. The minimum absolute atomic E-state index is 0.0293. The van der Waals surface area contributed by atoms with Gasteiger partial charge in [-0.05, 0) is 37.0 Å². The number of hydrogen-bond acceptors (Lipinski definition) is 3. The minimum Gasteiger partial charge on any atom is -0.339 e. The second kappa shape index (κ2) is 6.01. The van der Waals surface area contributed by atoms with Gasteiger partial charge in [-0.3, -0.25) is 14.6 Å². The fourth-order valence-electron chi connectivity index (χ4n) is 2.70. The SMILES string of the molecule is O=C(c1ccc(-c2c[nH]c(=O)[nH]c2=O)cc1)N1CCCCC1. The lowest BCUT2D eigenvalue weighted by Crippen LogP contribution is -2.35. The largest absolute Gasteiger partial charge is 0.339 e. The van der Waals surface area contributed by atoms with Gasteiger partial charge in [0.05, 0.1) is 5.56 Å². The molecule has 0 bridgehead atoms. The third kappa shape index (κ3) is 2.86.